The second-order valence-corrected chi connectivity index (χ2v) is 17.6. The van der Waals surface area contributed by atoms with Crippen LogP contribution in [0.15, 0.2) is 78.6 Å². The maximum Gasteiger partial charge on any atom is 0.253 e. The molecule has 2 atom stereocenters. The molecule has 13 heteroatoms. The number of likely N-dealkylation sites (tertiary alicyclic amines) is 2. The Labute approximate surface area is 385 Å². The number of nitrogen functional groups attached to an aromatic ring is 1. The molecular weight excluding hydrogens is 818 g/mol. The van der Waals surface area contributed by atoms with Gasteiger partial charge in [-0.05, 0) is 137 Å². The van der Waals surface area contributed by atoms with Crippen molar-refractivity contribution in [2.24, 2.45) is 5.92 Å². The molecule has 2 aromatic carbocycles. The number of aromatic nitrogens is 2. The van der Waals surface area contributed by atoms with Gasteiger partial charge in [0.1, 0.15) is 24.0 Å². The first-order valence-electron chi connectivity index (χ1n) is 23.7. The molecule has 0 spiro atoms. The zero-order valence-corrected chi connectivity index (χ0v) is 39.4. The number of amides is 2. The Morgan fingerprint density at radius 1 is 0.908 bits per heavy atom. The van der Waals surface area contributed by atoms with E-state index in [1.54, 1.807) is 19.2 Å². The van der Waals surface area contributed by atoms with Crippen LogP contribution in [0.2, 0.25) is 0 Å². The van der Waals surface area contributed by atoms with Gasteiger partial charge in [0.15, 0.2) is 0 Å². The summed E-state index contributed by atoms with van der Waals surface area (Å²) in [5.74, 6) is 1.05. The van der Waals surface area contributed by atoms with E-state index < -0.39 is 6.04 Å². The molecule has 0 aliphatic carbocycles. The summed E-state index contributed by atoms with van der Waals surface area (Å²) in [6, 6.07) is 19.0. The molecule has 348 valence electrons. The van der Waals surface area contributed by atoms with Gasteiger partial charge in [-0.3, -0.25) is 24.4 Å². The lowest BCUT2D eigenvalue weighted by atomic mass is 9.87. The topological polar surface area (TPSA) is 140 Å². The fourth-order valence-corrected chi connectivity index (χ4v) is 9.50. The number of nitrogens with one attached hydrogen (secondary N) is 2. The van der Waals surface area contributed by atoms with E-state index in [-0.39, 0.29) is 24.1 Å². The summed E-state index contributed by atoms with van der Waals surface area (Å²) in [4.78, 5) is 54.8. The Morgan fingerprint density at radius 3 is 2.25 bits per heavy atom. The number of hydrogen-bond acceptors (Lipinski definition) is 10. The van der Waals surface area contributed by atoms with Crippen molar-refractivity contribution in [3.8, 4) is 11.1 Å². The van der Waals surface area contributed by atoms with Gasteiger partial charge in [-0.15, -0.1) is 0 Å². The van der Waals surface area contributed by atoms with E-state index in [2.05, 4.69) is 74.3 Å². The first kappa shape index (κ1) is 48.8. The number of anilines is 3. The summed E-state index contributed by atoms with van der Waals surface area (Å²) in [6.07, 6.45) is 11.4. The van der Waals surface area contributed by atoms with Crippen LogP contribution in [0, 0.1) is 18.7 Å². The van der Waals surface area contributed by atoms with Crippen LogP contribution >= 0.6 is 0 Å². The molecule has 2 unspecified atom stereocenters. The van der Waals surface area contributed by atoms with Crippen molar-refractivity contribution >= 4 is 41.4 Å². The van der Waals surface area contributed by atoms with Gasteiger partial charge in [0, 0.05) is 106 Å². The Bertz CT molecular complexity index is 2210. The van der Waals surface area contributed by atoms with E-state index in [1.165, 1.54) is 17.2 Å². The second kappa shape index (κ2) is 23.5. The molecule has 4 N–H and O–H groups in total. The maximum atomic E-state index is 15.3. The fraction of sp³-hybridized carbons (Fsp3) is 0.481. The van der Waals surface area contributed by atoms with Gasteiger partial charge in [0.25, 0.3) is 5.91 Å². The van der Waals surface area contributed by atoms with Crippen molar-refractivity contribution in [3.05, 3.63) is 107 Å². The standard InChI is InChI=1S/C50H64FN9O3.C2H6/c1-34(30-44-35(2)54-20-15-43(44)41-11-14-48(52)55-32-41)36(3)58-23-18-39(19-24-58)38-7-9-40(10-8-38)50(63)60-21-16-37(17-22-60)33-57-25-27-59(28-26-57)47-13-12-42(31-45(47)51)56-46(6-5-29-61)49(62)53-4;1-2/h7-15,20,29-32,36-37,39,46,56H,5-6,16-19,21-28,33H2,1-4H3,(H2,52,55)(H,53,62);1-2H3/b34-30+;. The van der Waals surface area contributed by atoms with Gasteiger partial charge in [-0.2, -0.15) is 0 Å². The van der Waals surface area contributed by atoms with E-state index >= 15 is 4.39 Å². The Hall–Kier alpha value is -5.66. The van der Waals surface area contributed by atoms with E-state index in [4.69, 9.17) is 5.73 Å². The van der Waals surface area contributed by atoms with Gasteiger partial charge in [-0.1, -0.05) is 37.6 Å². The first-order chi connectivity index (χ1) is 31.5. The zero-order valence-electron chi connectivity index (χ0n) is 39.4. The summed E-state index contributed by atoms with van der Waals surface area (Å²) in [7, 11) is 1.54. The largest absolute Gasteiger partial charge is 0.384 e. The number of carbonyl (C=O) groups is 3. The molecular formula is C52H70FN9O3. The van der Waals surface area contributed by atoms with E-state index in [1.807, 2.05) is 61.5 Å². The number of halogens is 1. The highest BCUT2D eigenvalue weighted by molar-refractivity contribution is 5.94. The van der Waals surface area contributed by atoms with Crippen molar-refractivity contribution in [2.45, 2.75) is 91.1 Å². The molecule has 65 heavy (non-hydrogen) atoms. The number of piperazine rings is 1. The number of benzene rings is 2. The summed E-state index contributed by atoms with van der Waals surface area (Å²) in [5, 5.41) is 5.67. The normalized spacial score (nSPS) is 17.7. The molecule has 0 radical (unpaired) electrons. The van der Waals surface area contributed by atoms with Crippen molar-refractivity contribution in [1.82, 2.24) is 30.0 Å². The van der Waals surface area contributed by atoms with Gasteiger partial charge >= 0.3 is 0 Å². The van der Waals surface area contributed by atoms with Crippen LogP contribution in [0.1, 0.15) is 99.3 Å². The number of likely N-dealkylation sites (N-methyl/N-ethyl adjacent to an activating group) is 1. The third-order valence-corrected chi connectivity index (χ3v) is 13.6. The van der Waals surface area contributed by atoms with Crippen molar-refractivity contribution in [3.63, 3.8) is 0 Å². The molecule has 7 rings (SSSR count). The molecule has 3 aliphatic rings. The van der Waals surface area contributed by atoms with E-state index in [0.29, 0.717) is 41.5 Å². The number of carbonyl (C=O) groups excluding carboxylic acids is 3. The molecule has 3 fully saturated rings. The van der Waals surface area contributed by atoms with Gasteiger partial charge in [0.2, 0.25) is 5.91 Å². The van der Waals surface area contributed by atoms with Crippen LogP contribution in [-0.4, -0.2) is 121 Å². The van der Waals surface area contributed by atoms with Gasteiger partial charge in [0.05, 0.1) is 5.69 Å². The lowest BCUT2D eigenvalue weighted by molar-refractivity contribution is -0.121. The predicted octanol–water partition coefficient (Wildman–Crippen LogP) is 8.05. The number of nitrogens with two attached hydrogens (primary N) is 1. The number of piperidine rings is 2. The second-order valence-electron chi connectivity index (χ2n) is 17.6. The molecule has 0 saturated carbocycles. The Kier molecular flexibility index (Phi) is 17.6. The average Bonchev–Trinajstić information content (AvgIpc) is 3.34. The molecule has 2 aromatic heterocycles. The SMILES string of the molecule is CC.CNC(=O)C(CCC=O)Nc1ccc(N2CCN(CC3CCN(C(=O)c4ccc(C5CCN(C(C)/C(C)=C/c6c(-c7ccc(N)nc7)ccnc6C)CC5)cc4)CC3)CC2)c(F)c1. The molecule has 3 saturated heterocycles. The molecule has 3 aliphatic heterocycles. The third kappa shape index (κ3) is 12.6. The minimum absolute atomic E-state index is 0.118. The molecule has 2 amide bonds. The van der Waals surface area contributed by atoms with Gasteiger partial charge < -0.3 is 31.0 Å². The summed E-state index contributed by atoms with van der Waals surface area (Å²) < 4.78 is 15.3. The van der Waals surface area contributed by atoms with Crippen LogP contribution in [-0.2, 0) is 9.59 Å². The van der Waals surface area contributed by atoms with Crippen molar-refractivity contribution < 1.29 is 18.8 Å². The lowest BCUT2D eigenvalue weighted by Gasteiger charge is -2.39. The Balaban J connectivity index is 0.00000345. The van der Waals surface area contributed by atoms with Crippen molar-refractivity contribution in [2.75, 3.05) is 81.9 Å². The maximum absolute atomic E-state index is 15.3. The summed E-state index contributed by atoms with van der Waals surface area (Å²) >= 11 is 0. The van der Waals surface area contributed by atoms with Crippen LogP contribution in [0.3, 0.4) is 0 Å². The Morgan fingerprint density at radius 2 is 1.62 bits per heavy atom. The number of pyridine rings is 2. The molecule has 0 bridgehead atoms. The monoisotopic (exact) mass is 888 g/mol. The number of hydrogen-bond donors (Lipinski definition) is 3. The van der Waals surface area contributed by atoms with Crippen LogP contribution in [0.25, 0.3) is 17.2 Å². The highest BCUT2D eigenvalue weighted by Crippen LogP contribution is 2.33. The van der Waals surface area contributed by atoms with Crippen LogP contribution in [0.5, 0.6) is 0 Å². The predicted molar refractivity (Wildman–Crippen MR) is 262 cm³/mol. The van der Waals surface area contributed by atoms with Crippen molar-refractivity contribution in [1.29, 1.82) is 0 Å². The minimum atomic E-state index is -0.612. The number of rotatable bonds is 15. The highest BCUT2D eigenvalue weighted by atomic mass is 19.1. The zero-order chi connectivity index (χ0) is 46.5. The highest BCUT2D eigenvalue weighted by Gasteiger charge is 2.29. The number of aldehydes is 1. The fourth-order valence-electron chi connectivity index (χ4n) is 9.50. The average molecular weight is 888 g/mol. The van der Waals surface area contributed by atoms with Crippen LogP contribution in [0.4, 0.5) is 21.6 Å². The molecule has 5 heterocycles. The van der Waals surface area contributed by atoms with E-state index in [9.17, 15) is 14.4 Å². The summed E-state index contributed by atoms with van der Waals surface area (Å²) in [5.41, 5.74) is 14.5. The van der Waals surface area contributed by atoms with E-state index in [0.717, 1.165) is 119 Å². The minimum Gasteiger partial charge on any atom is -0.384 e. The quantitative estimate of drug-likeness (QED) is 0.101. The van der Waals surface area contributed by atoms with Crippen LogP contribution < -0.4 is 21.3 Å². The molecule has 12 nitrogen and oxygen atoms in total. The molecule has 4 aromatic rings. The van der Waals surface area contributed by atoms with Gasteiger partial charge in [-0.25, -0.2) is 9.37 Å². The summed E-state index contributed by atoms with van der Waals surface area (Å²) in [6.45, 7) is 18.3. The number of aryl methyl sites for hydroxylation is 1. The first-order valence-corrected chi connectivity index (χ1v) is 23.7. The number of nitrogens with zero attached hydrogens (tertiary/aromatic N) is 6. The lowest BCUT2D eigenvalue weighted by Crippen LogP contribution is -2.49. The smallest absolute Gasteiger partial charge is 0.253 e. The third-order valence-electron chi connectivity index (χ3n) is 13.6.